The zero-order valence-electron chi connectivity index (χ0n) is 19.4. The van der Waals surface area contributed by atoms with Crippen LogP contribution < -0.4 is 9.47 Å². The van der Waals surface area contributed by atoms with Crippen LogP contribution in [0.25, 0.3) is 5.69 Å². The van der Waals surface area contributed by atoms with Crippen LogP contribution in [-0.4, -0.2) is 39.4 Å². The lowest BCUT2D eigenvalue weighted by molar-refractivity contribution is -0.479. The average Bonchev–Trinajstić information content (AvgIpc) is 3.14. The first-order valence-corrected chi connectivity index (χ1v) is 12.2. The molecule has 1 aromatic heterocycles. The summed E-state index contributed by atoms with van der Waals surface area (Å²) in [6.07, 6.45) is 5.33. The van der Waals surface area contributed by atoms with E-state index in [1.54, 1.807) is 12.1 Å². The Bertz CT molecular complexity index is 1240. The third-order valence-corrected chi connectivity index (χ3v) is 6.88. The normalized spacial score (nSPS) is 11.6. The lowest BCUT2D eigenvalue weighted by Crippen LogP contribution is -2.12. The van der Waals surface area contributed by atoms with Gasteiger partial charge in [-0.15, -0.1) is 16.6 Å². The Labute approximate surface area is 211 Å². The molecule has 0 unspecified atom stereocenters. The number of hydrogen-bond donors (Lipinski definition) is 0. The van der Waals surface area contributed by atoms with Crippen molar-refractivity contribution in [3.63, 3.8) is 0 Å². The minimum Gasteiger partial charge on any atom is -0.490 e. The van der Waals surface area contributed by atoms with Crippen molar-refractivity contribution >= 4 is 27.7 Å². The van der Waals surface area contributed by atoms with Gasteiger partial charge in [-0.25, -0.2) is 0 Å². The third-order valence-electron chi connectivity index (χ3n) is 5.11. The van der Waals surface area contributed by atoms with Crippen molar-refractivity contribution in [1.82, 2.24) is 14.8 Å². The van der Waals surface area contributed by atoms with Gasteiger partial charge in [-0.05, 0) is 84.6 Å². The number of rotatable bonds is 10. The van der Waals surface area contributed by atoms with E-state index in [1.165, 1.54) is 17.3 Å². The van der Waals surface area contributed by atoms with Crippen molar-refractivity contribution in [2.24, 2.45) is 0 Å². The van der Waals surface area contributed by atoms with Crippen LogP contribution in [0, 0.1) is 43.2 Å². The number of nitro groups is 1. The standard InChI is InChI=1S/C24H25BrN4O4S/c1-6-10-33-23-20(25)12-18(13-21(23)32-7-2)22(14-28(30)31)34-24-27-26-17(5)29(24)19-9-8-15(3)16(4)11-19/h1,8-9,11-13,22H,7,10,14H2,2-5H3/t22-/m1/s1. The predicted molar refractivity (Wildman–Crippen MR) is 136 cm³/mol. The summed E-state index contributed by atoms with van der Waals surface area (Å²) in [4.78, 5) is 11.2. The number of aryl methyl sites for hydroxylation is 3. The molecule has 3 rings (SSSR count). The van der Waals surface area contributed by atoms with E-state index in [0.29, 0.717) is 39.1 Å². The topological polar surface area (TPSA) is 92.3 Å². The fraction of sp³-hybridized carbons (Fsp3) is 0.333. The fourth-order valence-electron chi connectivity index (χ4n) is 3.35. The molecule has 0 amide bonds. The molecule has 0 radical (unpaired) electrons. The molecular weight excluding hydrogens is 520 g/mol. The van der Waals surface area contributed by atoms with Gasteiger partial charge >= 0.3 is 0 Å². The largest absolute Gasteiger partial charge is 0.490 e. The van der Waals surface area contributed by atoms with E-state index in [2.05, 4.69) is 38.1 Å². The first-order chi connectivity index (χ1) is 16.2. The van der Waals surface area contributed by atoms with Gasteiger partial charge in [0.05, 0.1) is 11.1 Å². The second-order valence-electron chi connectivity index (χ2n) is 7.51. The van der Waals surface area contributed by atoms with E-state index < -0.39 is 5.25 Å². The summed E-state index contributed by atoms with van der Waals surface area (Å²) in [6.45, 7) is 7.95. The molecule has 8 nitrogen and oxygen atoms in total. The number of halogens is 1. The number of thioether (sulfide) groups is 1. The molecule has 0 bridgehead atoms. The molecule has 0 N–H and O–H groups in total. The van der Waals surface area contributed by atoms with Gasteiger partial charge in [-0.2, -0.15) is 0 Å². The second-order valence-corrected chi connectivity index (χ2v) is 9.54. The van der Waals surface area contributed by atoms with Gasteiger partial charge in [0.15, 0.2) is 16.7 Å². The van der Waals surface area contributed by atoms with Gasteiger partial charge in [-0.1, -0.05) is 23.7 Å². The molecule has 10 heteroatoms. The van der Waals surface area contributed by atoms with E-state index in [9.17, 15) is 10.1 Å². The SMILES string of the molecule is C#CCOc1c(Br)cc([C@@H](C[N+](=O)[O-])Sc2nnc(C)n2-c2ccc(C)c(C)c2)cc1OCC. The van der Waals surface area contributed by atoms with Crippen molar-refractivity contribution in [3.8, 4) is 29.5 Å². The van der Waals surface area contributed by atoms with E-state index >= 15 is 0 Å². The lowest BCUT2D eigenvalue weighted by atomic mass is 10.1. The Morgan fingerprint density at radius 1 is 1.21 bits per heavy atom. The maximum atomic E-state index is 11.6. The Kier molecular flexibility index (Phi) is 8.58. The number of nitrogens with zero attached hydrogens (tertiary/aromatic N) is 4. The minimum absolute atomic E-state index is 0.0729. The summed E-state index contributed by atoms with van der Waals surface area (Å²) < 4.78 is 13.9. The zero-order valence-corrected chi connectivity index (χ0v) is 21.8. The molecule has 0 aliphatic heterocycles. The Hall–Kier alpha value is -3.03. The molecule has 0 fully saturated rings. The number of hydrogen-bond acceptors (Lipinski definition) is 7. The summed E-state index contributed by atoms with van der Waals surface area (Å²) in [5, 5.41) is 20.1. The van der Waals surface area contributed by atoms with Gasteiger partial charge in [0.2, 0.25) is 6.54 Å². The van der Waals surface area contributed by atoms with Crippen LogP contribution in [0.3, 0.4) is 0 Å². The first kappa shape index (κ1) is 25.6. The summed E-state index contributed by atoms with van der Waals surface area (Å²) in [5.74, 6) is 4.05. The van der Waals surface area contributed by atoms with Crippen LogP contribution in [0.5, 0.6) is 11.5 Å². The molecular formula is C24H25BrN4O4S. The van der Waals surface area contributed by atoms with Crippen LogP contribution in [-0.2, 0) is 0 Å². The summed E-state index contributed by atoms with van der Waals surface area (Å²) >= 11 is 4.78. The zero-order chi connectivity index (χ0) is 24.8. The van der Waals surface area contributed by atoms with Gasteiger partial charge in [-0.3, -0.25) is 14.7 Å². The minimum atomic E-state index is -0.555. The van der Waals surface area contributed by atoms with Crippen LogP contribution in [0.2, 0.25) is 0 Å². The molecule has 34 heavy (non-hydrogen) atoms. The Balaban J connectivity index is 2.04. The molecule has 0 saturated heterocycles. The Morgan fingerprint density at radius 2 is 1.97 bits per heavy atom. The predicted octanol–water partition coefficient (Wildman–Crippen LogP) is 5.48. The molecule has 1 atom stereocenters. The highest BCUT2D eigenvalue weighted by molar-refractivity contribution is 9.10. The molecule has 178 valence electrons. The number of aromatic nitrogens is 3. The number of benzene rings is 2. The summed E-state index contributed by atoms with van der Waals surface area (Å²) in [5.41, 5.74) is 3.91. The summed E-state index contributed by atoms with van der Waals surface area (Å²) in [6, 6.07) is 9.63. The molecule has 0 aliphatic rings. The van der Waals surface area contributed by atoms with Crippen molar-refractivity contribution in [1.29, 1.82) is 0 Å². The monoisotopic (exact) mass is 544 g/mol. The van der Waals surface area contributed by atoms with Gasteiger partial charge in [0.1, 0.15) is 17.7 Å². The quantitative estimate of drug-likeness (QED) is 0.144. The molecule has 0 spiro atoms. The Morgan fingerprint density at radius 3 is 2.62 bits per heavy atom. The van der Waals surface area contributed by atoms with Gasteiger partial charge < -0.3 is 9.47 Å². The highest BCUT2D eigenvalue weighted by Crippen LogP contribution is 2.43. The van der Waals surface area contributed by atoms with Gasteiger partial charge in [0.25, 0.3) is 0 Å². The van der Waals surface area contributed by atoms with Crippen LogP contribution in [0.4, 0.5) is 0 Å². The van der Waals surface area contributed by atoms with Crippen molar-refractivity contribution in [3.05, 3.63) is 67.4 Å². The van der Waals surface area contributed by atoms with E-state index in [-0.39, 0.29) is 18.1 Å². The van der Waals surface area contributed by atoms with Crippen molar-refractivity contribution in [2.75, 3.05) is 19.8 Å². The van der Waals surface area contributed by atoms with Crippen LogP contribution in [0.1, 0.15) is 34.7 Å². The van der Waals surface area contributed by atoms with E-state index in [1.807, 2.05) is 44.4 Å². The first-order valence-electron chi connectivity index (χ1n) is 10.6. The number of ether oxygens (including phenoxy) is 2. The summed E-state index contributed by atoms with van der Waals surface area (Å²) in [7, 11) is 0. The second kappa shape index (κ2) is 11.4. The highest BCUT2D eigenvalue weighted by Gasteiger charge is 2.26. The molecule has 0 saturated carbocycles. The smallest absolute Gasteiger partial charge is 0.220 e. The van der Waals surface area contributed by atoms with E-state index in [0.717, 1.165) is 11.3 Å². The average molecular weight is 545 g/mol. The van der Waals surface area contributed by atoms with E-state index in [4.69, 9.17) is 15.9 Å². The highest BCUT2D eigenvalue weighted by atomic mass is 79.9. The maximum absolute atomic E-state index is 11.6. The molecule has 1 heterocycles. The van der Waals surface area contributed by atoms with Crippen molar-refractivity contribution < 1.29 is 14.4 Å². The van der Waals surface area contributed by atoms with Crippen LogP contribution in [0.15, 0.2) is 40.0 Å². The third kappa shape index (κ3) is 5.90. The maximum Gasteiger partial charge on any atom is 0.220 e. The van der Waals surface area contributed by atoms with Gasteiger partial charge in [0, 0.05) is 10.6 Å². The fourth-order valence-corrected chi connectivity index (χ4v) is 5.07. The van der Waals surface area contributed by atoms with Crippen molar-refractivity contribution in [2.45, 2.75) is 38.1 Å². The molecule has 3 aromatic rings. The number of terminal acetylenes is 1. The molecule has 2 aromatic carbocycles. The lowest BCUT2D eigenvalue weighted by Gasteiger charge is -2.18. The molecule has 0 aliphatic carbocycles. The van der Waals surface area contributed by atoms with Crippen LogP contribution >= 0.6 is 27.7 Å².